The van der Waals surface area contributed by atoms with Crippen LogP contribution in [0.1, 0.15) is 38.3 Å². The van der Waals surface area contributed by atoms with Crippen molar-refractivity contribution in [1.82, 2.24) is 4.90 Å². The van der Waals surface area contributed by atoms with E-state index in [2.05, 4.69) is 18.7 Å². The minimum atomic E-state index is 0.255. The van der Waals surface area contributed by atoms with Gasteiger partial charge in [-0.3, -0.25) is 4.90 Å². The number of rotatable bonds is 7. The third kappa shape index (κ3) is 3.07. The summed E-state index contributed by atoms with van der Waals surface area (Å²) in [4.78, 5) is 2.48. The summed E-state index contributed by atoms with van der Waals surface area (Å²) in [7, 11) is 1.74. The van der Waals surface area contributed by atoms with Crippen molar-refractivity contribution in [2.45, 2.75) is 38.8 Å². The lowest BCUT2D eigenvalue weighted by molar-refractivity contribution is 0.0690. The second-order valence-corrected chi connectivity index (χ2v) is 5.25. The van der Waals surface area contributed by atoms with Gasteiger partial charge in [-0.25, -0.2) is 0 Å². The molecule has 112 valence electrons. The van der Waals surface area contributed by atoms with E-state index >= 15 is 0 Å². The van der Waals surface area contributed by atoms with Crippen LogP contribution in [0.3, 0.4) is 0 Å². The molecule has 1 atom stereocenters. The lowest BCUT2D eigenvalue weighted by Crippen LogP contribution is -2.40. The standard InChI is InChI=1S/C16H25NO3/c1-4-12(5-2)17(8-9-19-3)15-11-20-16-10-13(18)6-7-14(15)16/h6-7,10,12,15,18H,4-5,8-9,11H2,1-3H3. The Morgan fingerprint density at radius 1 is 1.40 bits per heavy atom. The third-order valence-electron chi connectivity index (χ3n) is 4.12. The van der Waals surface area contributed by atoms with Gasteiger partial charge in [-0.2, -0.15) is 0 Å². The molecule has 0 radical (unpaired) electrons. The molecular formula is C16H25NO3. The maximum Gasteiger partial charge on any atom is 0.127 e. The van der Waals surface area contributed by atoms with E-state index in [4.69, 9.17) is 9.47 Å². The third-order valence-corrected chi connectivity index (χ3v) is 4.12. The highest BCUT2D eigenvalue weighted by molar-refractivity contribution is 5.44. The SMILES string of the molecule is CCC(CC)N(CCOC)C1COc2cc(O)ccc21. The first-order chi connectivity index (χ1) is 9.71. The van der Waals surface area contributed by atoms with Crippen molar-refractivity contribution in [3.63, 3.8) is 0 Å². The number of methoxy groups -OCH3 is 1. The first-order valence-corrected chi connectivity index (χ1v) is 7.41. The van der Waals surface area contributed by atoms with Gasteiger partial charge in [0.1, 0.15) is 18.1 Å². The Kier molecular flexibility index (Phi) is 5.26. The Bertz CT molecular complexity index is 432. The molecule has 1 heterocycles. The second kappa shape index (κ2) is 6.95. The summed E-state index contributed by atoms with van der Waals surface area (Å²) in [6.45, 7) is 6.72. The predicted molar refractivity (Wildman–Crippen MR) is 79.3 cm³/mol. The average Bonchev–Trinajstić information content (AvgIpc) is 2.86. The molecule has 0 saturated carbocycles. The molecule has 0 saturated heterocycles. The number of ether oxygens (including phenoxy) is 2. The van der Waals surface area contributed by atoms with Crippen molar-refractivity contribution < 1.29 is 14.6 Å². The molecule has 0 bridgehead atoms. The van der Waals surface area contributed by atoms with Gasteiger partial charge in [-0.1, -0.05) is 13.8 Å². The summed E-state index contributed by atoms with van der Waals surface area (Å²) in [6.07, 6.45) is 2.23. The molecule has 4 heteroatoms. The first kappa shape index (κ1) is 15.1. The molecule has 0 aromatic heterocycles. The molecule has 2 rings (SSSR count). The Hall–Kier alpha value is -1.26. The molecule has 1 aliphatic rings. The van der Waals surface area contributed by atoms with Crippen LogP contribution in [0, 0.1) is 0 Å². The van der Waals surface area contributed by atoms with Gasteiger partial charge in [0.15, 0.2) is 0 Å². The molecular weight excluding hydrogens is 254 g/mol. The lowest BCUT2D eigenvalue weighted by atomic mass is 10.0. The van der Waals surface area contributed by atoms with E-state index in [0.717, 1.165) is 31.7 Å². The van der Waals surface area contributed by atoms with Gasteiger partial charge in [-0.15, -0.1) is 0 Å². The van der Waals surface area contributed by atoms with Gasteiger partial charge in [0.05, 0.1) is 12.6 Å². The van der Waals surface area contributed by atoms with Crippen molar-refractivity contribution in [2.75, 3.05) is 26.9 Å². The maximum absolute atomic E-state index is 9.55. The molecule has 20 heavy (non-hydrogen) atoms. The quantitative estimate of drug-likeness (QED) is 0.833. The highest BCUT2D eigenvalue weighted by Gasteiger charge is 2.32. The zero-order valence-corrected chi connectivity index (χ0v) is 12.6. The van der Waals surface area contributed by atoms with Gasteiger partial charge in [0.2, 0.25) is 0 Å². The summed E-state index contributed by atoms with van der Waals surface area (Å²) in [6, 6.07) is 6.20. The van der Waals surface area contributed by atoms with Crippen LogP contribution in [0.2, 0.25) is 0 Å². The molecule has 1 unspecified atom stereocenters. The average molecular weight is 279 g/mol. The summed E-state index contributed by atoms with van der Waals surface area (Å²) < 4.78 is 11.0. The van der Waals surface area contributed by atoms with Crippen LogP contribution in [-0.2, 0) is 4.74 Å². The van der Waals surface area contributed by atoms with E-state index in [1.165, 1.54) is 5.56 Å². The molecule has 0 aliphatic carbocycles. The topological polar surface area (TPSA) is 41.9 Å². The summed E-state index contributed by atoms with van der Waals surface area (Å²) in [5, 5.41) is 9.55. The molecule has 0 amide bonds. The van der Waals surface area contributed by atoms with Gasteiger partial charge in [0, 0.05) is 31.3 Å². The molecule has 0 fully saturated rings. The smallest absolute Gasteiger partial charge is 0.127 e. The number of hydrogen-bond acceptors (Lipinski definition) is 4. The van der Waals surface area contributed by atoms with E-state index in [-0.39, 0.29) is 11.8 Å². The number of nitrogens with zero attached hydrogens (tertiary/aromatic N) is 1. The number of phenolic OH excluding ortho intramolecular Hbond substituents is 1. The highest BCUT2D eigenvalue weighted by atomic mass is 16.5. The Balaban J connectivity index is 2.22. The monoisotopic (exact) mass is 279 g/mol. The Morgan fingerprint density at radius 3 is 2.80 bits per heavy atom. The van der Waals surface area contributed by atoms with E-state index in [1.54, 1.807) is 19.2 Å². The van der Waals surface area contributed by atoms with Crippen LogP contribution in [0.4, 0.5) is 0 Å². The molecule has 1 aromatic carbocycles. The molecule has 1 aromatic rings. The fourth-order valence-electron chi connectivity index (χ4n) is 3.00. The fourth-order valence-corrected chi connectivity index (χ4v) is 3.00. The zero-order valence-electron chi connectivity index (χ0n) is 12.6. The number of aromatic hydroxyl groups is 1. The normalized spacial score (nSPS) is 17.6. The van der Waals surface area contributed by atoms with Crippen LogP contribution in [0.25, 0.3) is 0 Å². The van der Waals surface area contributed by atoms with E-state index in [9.17, 15) is 5.11 Å². The zero-order chi connectivity index (χ0) is 14.5. The number of benzene rings is 1. The van der Waals surface area contributed by atoms with Crippen molar-refractivity contribution in [3.05, 3.63) is 23.8 Å². The second-order valence-electron chi connectivity index (χ2n) is 5.25. The van der Waals surface area contributed by atoms with Crippen LogP contribution < -0.4 is 4.74 Å². The molecule has 1 N–H and O–H groups in total. The minimum absolute atomic E-state index is 0.255. The Labute approximate surface area is 121 Å². The predicted octanol–water partition coefficient (Wildman–Crippen LogP) is 2.96. The minimum Gasteiger partial charge on any atom is -0.508 e. The van der Waals surface area contributed by atoms with Crippen LogP contribution in [0.15, 0.2) is 18.2 Å². The number of hydrogen-bond donors (Lipinski definition) is 1. The summed E-state index contributed by atoms with van der Waals surface area (Å²) >= 11 is 0. The van der Waals surface area contributed by atoms with Crippen molar-refractivity contribution >= 4 is 0 Å². The first-order valence-electron chi connectivity index (χ1n) is 7.41. The Morgan fingerprint density at radius 2 is 2.15 bits per heavy atom. The van der Waals surface area contributed by atoms with Gasteiger partial charge >= 0.3 is 0 Å². The van der Waals surface area contributed by atoms with Crippen molar-refractivity contribution in [1.29, 1.82) is 0 Å². The fraction of sp³-hybridized carbons (Fsp3) is 0.625. The molecule has 1 aliphatic heterocycles. The summed E-state index contributed by atoms with van der Waals surface area (Å²) in [5.74, 6) is 1.07. The van der Waals surface area contributed by atoms with E-state index < -0.39 is 0 Å². The lowest BCUT2D eigenvalue weighted by Gasteiger charge is -2.34. The van der Waals surface area contributed by atoms with Crippen LogP contribution in [-0.4, -0.2) is 42.9 Å². The molecule has 0 spiro atoms. The maximum atomic E-state index is 9.55. The van der Waals surface area contributed by atoms with E-state index in [1.807, 2.05) is 6.07 Å². The van der Waals surface area contributed by atoms with Gasteiger partial charge in [-0.05, 0) is 25.0 Å². The highest BCUT2D eigenvalue weighted by Crippen LogP contribution is 2.39. The van der Waals surface area contributed by atoms with Crippen LogP contribution >= 0.6 is 0 Å². The number of phenols is 1. The molecule has 4 nitrogen and oxygen atoms in total. The van der Waals surface area contributed by atoms with E-state index in [0.29, 0.717) is 12.6 Å². The largest absolute Gasteiger partial charge is 0.508 e. The van der Waals surface area contributed by atoms with Gasteiger partial charge in [0.25, 0.3) is 0 Å². The van der Waals surface area contributed by atoms with Crippen LogP contribution in [0.5, 0.6) is 11.5 Å². The summed E-state index contributed by atoms with van der Waals surface area (Å²) in [5.41, 5.74) is 1.17. The van der Waals surface area contributed by atoms with Crippen molar-refractivity contribution in [2.24, 2.45) is 0 Å². The van der Waals surface area contributed by atoms with Gasteiger partial charge < -0.3 is 14.6 Å². The van der Waals surface area contributed by atoms with Crippen molar-refractivity contribution in [3.8, 4) is 11.5 Å². The number of fused-ring (bicyclic) bond motifs is 1.